The Morgan fingerprint density at radius 1 is 1.42 bits per heavy atom. The maximum Gasteiger partial charge on any atom is 0.262 e. The molecular formula is C13H14BrN3O2. The highest BCUT2D eigenvalue weighted by molar-refractivity contribution is 9.10. The van der Waals surface area contributed by atoms with Crippen molar-refractivity contribution in [2.75, 3.05) is 11.9 Å². The summed E-state index contributed by atoms with van der Waals surface area (Å²) >= 11 is 3.34. The van der Waals surface area contributed by atoms with Crippen LogP contribution in [0.4, 0.5) is 5.69 Å². The Hall–Kier alpha value is -1.82. The molecule has 1 amide bonds. The third kappa shape index (κ3) is 4.10. The summed E-state index contributed by atoms with van der Waals surface area (Å²) in [7, 11) is 0. The van der Waals surface area contributed by atoms with Crippen molar-refractivity contribution in [3.05, 3.63) is 41.1 Å². The molecule has 0 aliphatic heterocycles. The lowest BCUT2D eigenvalue weighted by atomic mass is 10.3. The van der Waals surface area contributed by atoms with Crippen molar-refractivity contribution in [3.63, 3.8) is 0 Å². The Bertz CT molecular complexity index is 551. The van der Waals surface area contributed by atoms with E-state index >= 15 is 0 Å². The van der Waals surface area contributed by atoms with Gasteiger partial charge in [-0.3, -0.25) is 9.48 Å². The molecule has 6 heteroatoms. The highest BCUT2D eigenvalue weighted by atomic mass is 79.9. The normalized spacial score (nSPS) is 10.2. The molecule has 100 valence electrons. The van der Waals surface area contributed by atoms with Crippen LogP contribution in [0.1, 0.15) is 6.92 Å². The number of amides is 1. The van der Waals surface area contributed by atoms with Crippen molar-refractivity contribution in [1.29, 1.82) is 0 Å². The first kappa shape index (κ1) is 13.6. The van der Waals surface area contributed by atoms with Crippen LogP contribution in [0.15, 0.2) is 41.1 Å². The summed E-state index contributed by atoms with van der Waals surface area (Å²) in [6.07, 6.45) is 3.35. The van der Waals surface area contributed by atoms with Gasteiger partial charge < -0.3 is 10.1 Å². The number of ether oxygens (including phenoxy) is 1. The van der Waals surface area contributed by atoms with Crippen molar-refractivity contribution in [1.82, 2.24) is 9.78 Å². The molecule has 1 heterocycles. The second-order valence-electron chi connectivity index (χ2n) is 3.88. The van der Waals surface area contributed by atoms with Gasteiger partial charge in [-0.15, -0.1) is 0 Å². The number of aromatic nitrogens is 2. The minimum absolute atomic E-state index is 0.0362. The molecule has 0 spiro atoms. The lowest BCUT2D eigenvalue weighted by Gasteiger charge is -2.05. The SMILES string of the molecule is CCn1cc(OCC(=O)Nc2ccc(Br)cc2)cn1. The van der Waals surface area contributed by atoms with Crippen LogP contribution in [-0.4, -0.2) is 22.3 Å². The molecule has 0 saturated carbocycles. The minimum atomic E-state index is -0.202. The van der Waals surface area contributed by atoms with Gasteiger partial charge in [0, 0.05) is 16.7 Å². The van der Waals surface area contributed by atoms with Crippen molar-refractivity contribution in [3.8, 4) is 5.75 Å². The van der Waals surface area contributed by atoms with E-state index in [0.29, 0.717) is 5.75 Å². The van der Waals surface area contributed by atoms with Crippen LogP contribution in [0.3, 0.4) is 0 Å². The number of carbonyl (C=O) groups is 1. The standard InChI is InChI=1S/C13H14BrN3O2/c1-2-17-8-12(7-15-17)19-9-13(18)16-11-5-3-10(14)4-6-11/h3-8H,2,9H2,1H3,(H,16,18). The Labute approximate surface area is 119 Å². The van der Waals surface area contributed by atoms with Crippen molar-refractivity contribution < 1.29 is 9.53 Å². The molecule has 1 aromatic carbocycles. The van der Waals surface area contributed by atoms with Crippen LogP contribution in [0.5, 0.6) is 5.75 Å². The minimum Gasteiger partial charge on any atom is -0.480 e. The first-order valence-electron chi connectivity index (χ1n) is 5.88. The van der Waals surface area contributed by atoms with E-state index in [0.717, 1.165) is 16.7 Å². The van der Waals surface area contributed by atoms with Gasteiger partial charge in [0.2, 0.25) is 0 Å². The Kier molecular flexibility index (Phi) is 4.57. The average Bonchev–Trinajstić information content (AvgIpc) is 2.87. The number of halogens is 1. The molecule has 2 rings (SSSR count). The largest absolute Gasteiger partial charge is 0.480 e. The fourth-order valence-corrected chi connectivity index (χ4v) is 1.74. The van der Waals surface area contributed by atoms with Crippen LogP contribution in [-0.2, 0) is 11.3 Å². The maximum atomic E-state index is 11.7. The number of benzene rings is 1. The second-order valence-corrected chi connectivity index (χ2v) is 4.79. The fourth-order valence-electron chi connectivity index (χ4n) is 1.47. The van der Waals surface area contributed by atoms with Gasteiger partial charge in [-0.05, 0) is 31.2 Å². The van der Waals surface area contributed by atoms with E-state index in [-0.39, 0.29) is 12.5 Å². The van der Waals surface area contributed by atoms with Gasteiger partial charge in [0.05, 0.1) is 12.4 Å². The lowest BCUT2D eigenvalue weighted by Crippen LogP contribution is -2.19. The Morgan fingerprint density at radius 3 is 2.79 bits per heavy atom. The van der Waals surface area contributed by atoms with E-state index in [4.69, 9.17) is 4.74 Å². The lowest BCUT2D eigenvalue weighted by molar-refractivity contribution is -0.118. The van der Waals surface area contributed by atoms with Crippen molar-refractivity contribution in [2.45, 2.75) is 13.5 Å². The van der Waals surface area contributed by atoms with Gasteiger partial charge >= 0.3 is 0 Å². The van der Waals surface area contributed by atoms with E-state index in [2.05, 4.69) is 26.3 Å². The second kappa shape index (κ2) is 6.38. The topological polar surface area (TPSA) is 56.1 Å². The van der Waals surface area contributed by atoms with E-state index in [1.165, 1.54) is 0 Å². The summed E-state index contributed by atoms with van der Waals surface area (Å²) in [5.41, 5.74) is 0.737. The third-order valence-electron chi connectivity index (χ3n) is 2.43. The maximum absolute atomic E-state index is 11.7. The predicted octanol–water partition coefficient (Wildman–Crippen LogP) is 2.68. The molecule has 0 atom stereocenters. The zero-order valence-corrected chi connectivity index (χ0v) is 12.1. The summed E-state index contributed by atoms with van der Waals surface area (Å²) < 4.78 is 8.05. The molecule has 0 bridgehead atoms. The van der Waals surface area contributed by atoms with Crippen LogP contribution >= 0.6 is 15.9 Å². The summed E-state index contributed by atoms with van der Waals surface area (Å²) in [6, 6.07) is 7.36. The monoisotopic (exact) mass is 323 g/mol. The van der Waals surface area contributed by atoms with Crippen molar-refractivity contribution >= 4 is 27.5 Å². The van der Waals surface area contributed by atoms with E-state index in [1.807, 2.05) is 31.2 Å². The van der Waals surface area contributed by atoms with Crippen LogP contribution in [0, 0.1) is 0 Å². The first-order valence-corrected chi connectivity index (χ1v) is 6.67. The Morgan fingerprint density at radius 2 is 2.16 bits per heavy atom. The highest BCUT2D eigenvalue weighted by Gasteiger charge is 2.05. The van der Waals surface area contributed by atoms with Gasteiger partial charge in [0.15, 0.2) is 12.4 Å². The van der Waals surface area contributed by atoms with E-state index in [1.54, 1.807) is 17.1 Å². The van der Waals surface area contributed by atoms with Gasteiger partial charge in [-0.1, -0.05) is 15.9 Å². The summed E-state index contributed by atoms with van der Waals surface area (Å²) in [4.78, 5) is 11.7. The molecule has 1 N–H and O–H groups in total. The third-order valence-corrected chi connectivity index (χ3v) is 2.96. The Balaban J connectivity index is 1.82. The molecule has 0 radical (unpaired) electrons. The molecule has 2 aromatic rings. The molecule has 0 saturated heterocycles. The van der Waals surface area contributed by atoms with Gasteiger partial charge in [-0.25, -0.2) is 0 Å². The molecule has 0 aliphatic rings. The average molecular weight is 324 g/mol. The number of carbonyl (C=O) groups excluding carboxylic acids is 1. The zero-order valence-electron chi connectivity index (χ0n) is 10.5. The number of hydrogen-bond acceptors (Lipinski definition) is 3. The van der Waals surface area contributed by atoms with Gasteiger partial charge in [0.1, 0.15) is 0 Å². The van der Waals surface area contributed by atoms with Gasteiger partial charge in [0.25, 0.3) is 5.91 Å². The van der Waals surface area contributed by atoms with Crippen LogP contribution < -0.4 is 10.1 Å². The summed E-state index contributed by atoms with van der Waals surface area (Å²) in [6.45, 7) is 2.72. The molecule has 0 fully saturated rings. The van der Waals surface area contributed by atoms with Crippen molar-refractivity contribution in [2.24, 2.45) is 0 Å². The summed E-state index contributed by atoms with van der Waals surface area (Å²) in [5, 5.41) is 6.81. The molecule has 1 aromatic heterocycles. The molecule has 5 nitrogen and oxygen atoms in total. The number of aryl methyl sites for hydroxylation is 1. The number of rotatable bonds is 5. The molecule has 19 heavy (non-hydrogen) atoms. The number of hydrogen-bond donors (Lipinski definition) is 1. The van der Waals surface area contributed by atoms with Gasteiger partial charge in [-0.2, -0.15) is 5.10 Å². The highest BCUT2D eigenvalue weighted by Crippen LogP contribution is 2.14. The predicted molar refractivity (Wildman–Crippen MR) is 76.2 cm³/mol. The van der Waals surface area contributed by atoms with E-state index < -0.39 is 0 Å². The quantitative estimate of drug-likeness (QED) is 0.920. The first-order chi connectivity index (χ1) is 9.17. The van der Waals surface area contributed by atoms with Crippen LogP contribution in [0.2, 0.25) is 0 Å². The smallest absolute Gasteiger partial charge is 0.262 e. The number of nitrogens with zero attached hydrogens (tertiary/aromatic N) is 2. The number of nitrogens with one attached hydrogen (secondary N) is 1. The molecular weight excluding hydrogens is 310 g/mol. The number of anilines is 1. The fraction of sp³-hybridized carbons (Fsp3) is 0.231. The molecule has 0 aliphatic carbocycles. The summed E-state index contributed by atoms with van der Waals surface area (Å²) in [5.74, 6) is 0.388. The zero-order chi connectivity index (χ0) is 13.7. The van der Waals surface area contributed by atoms with E-state index in [9.17, 15) is 4.79 Å². The van der Waals surface area contributed by atoms with Crippen LogP contribution in [0.25, 0.3) is 0 Å². The molecule has 0 unspecified atom stereocenters.